The second-order valence-corrected chi connectivity index (χ2v) is 4.75. The summed E-state index contributed by atoms with van der Waals surface area (Å²) in [6, 6.07) is 6.42. The molecule has 14 heavy (non-hydrogen) atoms. The highest BCUT2D eigenvalue weighted by atomic mass is 16.3. The van der Waals surface area contributed by atoms with Crippen molar-refractivity contribution in [2.24, 2.45) is 0 Å². The molecule has 0 saturated heterocycles. The first-order chi connectivity index (χ1) is 6.57. The Morgan fingerprint density at radius 3 is 2.36 bits per heavy atom. The average molecular weight is 190 g/mol. The summed E-state index contributed by atoms with van der Waals surface area (Å²) < 4.78 is 0. The van der Waals surface area contributed by atoms with Gasteiger partial charge in [-0.15, -0.1) is 0 Å². The lowest BCUT2D eigenvalue weighted by molar-refractivity contribution is 0.0785. The number of rotatable bonds is 1. The molecule has 2 rings (SSSR count). The third-order valence-electron chi connectivity index (χ3n) is 3.05. The molecule has 1 aliphatic carbocycles. The summed E-state index contributed by atoms with van der Waals surface area (Å²) in [7, 11) is 0. The fraction of sp³-hybridized carbons (Fsp3) is 0.538. The van der Waals surface area contributed by atoms with Crippen molar-refractivity contribution in [1.29, 1.82) is 0 Å². The summed E-state index contributed by atoms with van der Waals surface area (Å²) in [4.78, 5) is 0. The van der Waals surface area contributed by atoms with Crippen molar-refractivity contribution in [1.82, 2.24) is 0 Å². The van der Waals surface area contributed by atoms with Gasteiger partial charge in [-0.05, 0) is 56.2 Å². The predicted molar refractivity (Wildman–Crippen MR) is 58.3 cm³/mol. The van der Waals surface area contributed by atoms with Crippen LogP contribution in [0.4, 0.5) is 0 Å². The number of hydrogen-bond acceptors (Lipinski definition) is 1. The number of benzene rings is 1. The molecule has 0 bridgehead atoms. The zero-order valence-corrected chi connectivity index (χ0v) is 9.01. The monoisotopic (exact) mass is 190 g/mol. The quantitative estimate of drug-likeness (QED) is 0.722. The van der Waals surface area contributed by atoms with Gasteiger partial charge in [-0.1, -0.05) is 18.2 Å². The van der Waals surface area contributed by atoms with Crippen molar-refractivity contribution in [2.45, 2.75) is 45.1 Å². The summed E-state index contributed by atoms with van der Waals surface area (Å²) in [5.74, 6) is 0. The van der Waals surface area contributed by atoms with E-state index in [1.165, 1.54) is 36.8 Å². The van der Waals surface area contributed by atoms with Crippen LogP contribution in [0.2, 0.25) is 0 Å². The number of fused-ring (bicyclic) bond motifs is 1. The van der Waals surface area contributed by atoms with Gasteiger partial charge in [0.1, 0.15) is 0 Å². The van der Waals surface area contributed by atoms with Crippen LogP contribution in [-0.4, -0.2) is 5.11 Å². The minimum absolute atomic E-state index is 0.702. The lowest BCUT2D eigenvalue weighted by Gasteiger charge is -2.22. The fourth-order valence-corrected chi connectivity index (χ4v) is 2.11. The van der Waals surface area contributed by atoms with Gasteiger partial charge >= 0.3 is 0 Å². The zero-order valence-electron chi connectivity index (χ0n) is 9.01. The Morgan fingerprint density at radius 2 is 1.71 bits per heavy atom. The first kappa shape index (κ1) is 9.72. The second kappa shape index (κ2) is 3.39. The summed E-state index contributed by atoms with van der Waals surface area (Å²) in [5.41, 5.74) is 3.25. The molecule has 1 nitrogen and oxygen atoms in total. The number of aryl methyl sites for hydroxylation is 2. The molecule has 0 spiro atoms. The van der Waals surface area contributed by atoms with Crippen LogP contribution in [0.1, 0.15) is 43.4 Å². The van der Waals surface area contributed by atoms with Gasteiger partial charge in [0.15, 0.2) is 0 Å². The molecule has 76 valence electrons. The first-order valence-corrected chi connectivity index (χ1v) is 5.42. The smallest absolute Gasteiger partial charge is 0.0840 e. The maximum Gasteiger partial charge on any atom is 0.0840 e. The Bertz CT molecular complexity index is 334. The van der Waals surface area contributed by atoms with Crippen molar-refractivity contribution in [3.8, 4) is 0 Å². The van der Waals surface area contributed by atoms with Crippen molar-refractivity contribution < 1.29 is 5.11 Å². The van der Waals surface area contributed by atoms with Crippen LogP contribution >= 0.6 is 0 Å². The molecule has 1 aromatic rings. The molecule has 0 radical (unpaired) electrons. The van der Waals surface area contributed by atoms with E-state index in [4.69, 9.17) is 0 Å². The molecule has 0 aromatic heterocycles. The van der Waals surface area contributed by atoms with Gasteiger partial charge in [0, 0.05) is 0 Å². The van der Waals surface area contributed by atoms with Crippen molar-refractivity contribution in [3.05, 3.63) is 34.9 Å². The molecule has 0 fully saturated rings. The molecule has 0 aliphatic heterocycles. The highest BCUT2D eigenvalue weighted by Gasteiger charge is 2.18. The van der Waals surface area contributed by atoms with Crippen LogP contribution in [0.5, 0.6) is 0 Å². The highest BCUT2D eigenvalue weighted by molar-refractivity contribution is 5.35. The largest absolute Gasteiger partial charge is 0.386 e. The number of hydrogen-bond donors (Lipinski definition) is 1. The maximum atomic E-state index is 9.89. The molecule has 0 amide bonds. The van der Waals surface area contributed by atoms with Gasteiger partial charge < -0.3 is 5.11 Å². The van der Waals surface area contributed by atoms with Gasteiger partial charge in [-0.3, -0.25) is 0 Å². The molecule has 0 heterocycles. The SMILES string of the molecule is CC(C)(O)c1ccc2c(c1)CCCC2. The second-order valence-electron chi connectivity index (χ2n) is 4.75. The van der Waals surface area contributed by atoms with Gasteiger partial charge in [-0.2, -0.15) is 0 Å². The van der Waals surface area contributed by atoms with E-state index in [9.17, 15) is 5.11 Å². The Labute approximate surface area is 85.8 Å². The van der Waals surface area contributed by atoms with E-state index in [2.05, 4.69) is 18.2 Å². The van der Waals surface area contributed by atoms with Crippen LogP contribution in [0.25, 0.3) is 0 Å². The normalized spacial score (nSPS) is 16.5. The van der Waals surface area contributed by atoms with E-state index >= 15 is 0 Å². The standard InChI is InChI=1S/C13H18O/c1-13(2,14)12-8-7-10-5-3-4-6-11(10)9-12/h7-9,14H,3-6H2,1-2H3. The maximum absolute atomic E-state index is 9.89. The van der Waals surface area contributed by atoms with Crippen LogP contribution in [-0.2, 0) is 18.4 Å². The molecule has 0 unspecified atom stereocenters. The van der Waals surface area contributed by atoms with Crippen LogP contribution in [0, 0.1) is 0 Å². The molecular weight excluding hydrogens is 172 g/mol. The lowest BCUT2D eigenvalue weighted by Crippen LogP contribution is -2.16. The predicted octanol–water partition coefficient (Wildman–Crippen LogP) is 2.79. The molecule has 0 atom stereocenters. The van der Waals surface area contributed by atoms with Gasteiger partial charge in [0.05, 0.1) is 5.60 Å². The van der Waals surface area contributed by atoms with Crippen LogP contribution in [0.15, 0.2) is 18.2 Å². The average Bonchev–Trinajstić information content (AvgIpc) is 2.16. The molecule has 0 saturated carbocycles. The minimum Gasteiger partial charge on any atom is -0.386 e. The van der Waals surface area contributed by atoms with Crippen molar-refractivity contribution in [3.63, 3.8) is 0 Å². The Hall–Kier alpha value is -0.820. The fourth-order valence-electron chi connectivity index (χ4n) is 2.11. The third-order valence-corrected chi connectivity index (χ3v) is 3.05. The summed E-state index contributed by atoms with van der Waals surface area (Å²) in [6.07, 6.45) is 5.00. The van der Waals surface area contributed by atoms with Crippen molar-refractivity contribution >= 4 is 0 Å². The van der Waals surface area contributed by atoms with Crippen LogP contribution in [0.3, 0.4) is 0 Å². The van der Waals surface area contributed by atoms with Crippen LogP contribution < -0.4 is 0 Å². The Morgan fingerprint density at radius 1 is 1.07 bits per heavy atom. The minimum atomic E-state index is -0.702. The Balaban J connectivity index is 2.39. The van der Waals surface area contributed by atoms with E-state index < -0.39 is 5.60 Å². The van der Waals surface area contributed by atoms with Gasteiger partial charge in [0.2, 0.25) is 0 Å². The Kier molecular flexibility index (Phi) is 2.36. The van der Waals surface area contributed by atoms with Gasteiger partial charge in [0.25, 0.3) is 0 Å². The van der Waals surface area contributed by atoms with E-state index in [-0.39, 0.29) is 0 Å². The van der Waals surface area contributed by atoms with E-state index in [1.54, 1.807) is 0 Å². The van der Waals surface area contributed by atoms with Gasteiger partial charge in [-0.25, -0.2) is 0 Å². The lowest BCUT2D eigenvalue weighted by atomic mass is 9.87. The molecule has 1 N–H and O–H groups in total. The molecule has 1 aliphatic rings. The van der Waals surface area contributed by atoms with E-state index in [0.717, 1.165) is 5.56 Å². The molecular formula is C13H18O. The van der Waals surface area contributed by atoms with Crippen molar-refractivity contribution in [2.75, 3.05) is 0 Å². The summed E-state index contributed by atoms with van der Waals surface area (Å²) >= 11 is 0. The van der Waals surface area contributed by atoms with E-state index in [0.29, 0.717) is 0 Å². The topological polar surface area (TPSA) is 20.2 Å². The highest BCUT2D eigenvalue weighted by Crippen LogP contribution is 2.27. The van der Waals surface area contributed by atoms with E-state index in [1.807, 2.05) is 13.8 Å². The number of aliphatic hydroxyl groups is 1. The summed E-state index contributed by atoms with van der Waals surface area (Å²) in [5, 5.41) is 9.89. The first-order valence-electron chi connectivity index (χ1n) is 5.42. The molecule has 1 heteroatoms. The third kappa shape index (κ3) is 1.83. The zero-order chi connectivity index (χ0) is 10.2. The summed E-state index contributed by atoms with van der Waals surface area (Å²) in [6.45, 7) is 3.69. The molecule has 1 aromatic carbocycles.